The van der Waals surface area contributed by atoms with Gasteiger partial charge in [0.15, 0.2) is 0 Å². The first kappa shape index (κ1) is 20.3. The summed E-state index contributed by atoms with van der Waals surface area (Å²) in [5, 5.41) is 3.11. The summed E-state index contributed by atoms with van der Waals surface area (Å²) in [7, 11) is -7.15. The van der Waals surface area contributed by atoms with E-state index in [9.17, 15) is 16.8 Å². The van der Waals surface area contributed by atoms with E-state index in [4.69, 9.17) is 0 Å². The standard InChI is InChI=1S/C16H27N3O4S2/c1-2-3-11-19(25(22,23)16-7-5-4-6-8-16)14-15-24(20,21)18-12-9-17-10-13-18/h4-8,17H,2-3,9-15H2,1H3. The highest BCUT2D eigenvalue weighted by molar-refractivity contribution is 7.90. The fraction of sp³-hybridized carbons (Fsp3) is 0.625. The van der Waals surface area contributed by atoms with Crippen LogP contribution in [0.5, 0.6) is 0 Å². The molecule has 1 aromatic rings. The molecule has 1 fully saturated rings. The molecule has 0 atom stereocenters. The third kappa shape index (κ3) is 5.49. The van der Waals surface area contributed by atoms with Crippen molar-refractivity contribution in [1.82, 2.24) is 13.9 Å². The van der Waals surface area contributed by atoms with Crippen molar-refractivity contribution >= 4 is 20.0 Å². The summed E-state index contributed by atoms with van der Waals surface area (Å²) in [5.41, 5.74) is 0. The Bertz CT molecular complexity index is 730. The minimum Gasteiger partial charge on any atom is -0.314 e. The quantitative estimate of drug-likeness (QED) is 0.672. The lowest BCUT2D eigenvalue weighted by atomic mass is 10.3. The van der Waals surface area contributed by atoms with Crippen LogP contribution in [0.25, 0.3) is 0 Å². The molecular formula is C16H27N3O4S2. The van der Waals surface area contributed by atoms with Crippen molar-refractivity contribution in [1.29, 1.82) is 0 Å². The molecule has 1 N–H and O–H groups in total. The summed E-state index contributed by atoms with van der Waals surface area (Å²) in [5.74, 6) is -0.192. The third-order valence-corrected chi connectivity index (χ3v) is 7.97. The molecule has 1 aliphatic rings. The highest BCUT2D eigenvalue weighted by Gasteiger charge is 2.28. The first-order valence-corrected chi connectivity index (χ1v) is 11.7. The predicted octanol–water partition coefficient (Wildman–Crippen LogP) is 0.712. The largest absolute Gasteiger partial charge is 0.314 e. The molecule has 25 heavy (non-hydrogen) atoms. The van der Waals surface area contributed by atoms with Crippen molar-refractivity contribution in [3.8, 4) is 0 Å². The molecule has 2 rings (SSSR count). The van der Waals surface area contributed by atoms with Gasteiger partial charge in [-0.15, -0.1) is 0 Å². The number of unbranched alkanes of at least 4 members (excludes halogenated alkanes) is 1. The number of rotatable bonds is 9. The van der Waals surface area contributed by atoms with E-state index < -0.39 is 20.0 Å². The number of nitrogens with zero attached hydrogens (tertiary/aromatic N) is 2. The van der Waals surface area contributed by atoms with Gasteiger partial charge in [-0.25, -0.2) is 16.8 Å². The Kier molecular flexibility index (Phi) is 7.38. The van der Waals surface area contributed by atoms with Crippen LogP contribution in [0.3, 0.4) is 0 Å². The Hall–Kier alpha value is -1.00. The van der Waals surface area contributed by atoms with Crippen LogP contribution in [0, 0.1) is 0 Å². The molecule has 0 bridgehead atoms. The van der Waals surface area contributed by atoms with Crippen LogP contribution in [0.15, 0.2) is 35.2 Å². The third-order valence-electron chi connectivity index (χ3n) is 4.21. The van der Waals surface area contributed by atoms with Gasteiger partial charge in [-0.1, -0.05) is 31.5 Å². The number of hydrogen-bond donors (Lipinski definition) is 1. The summed E-state index contributed by atoms with van der Waals surface area (Å²) >= 11 is 0. The maximum atomic E-state index is 12.8. The van der Waals surface area contributed by atoms with Gasteiger partial charge in [0.1, 0.15) is 0 Å². The van der Waals surface area contributed by atoms with Crippen molar-refractivity contribution in [2.24, 2.45) is 0 Å². The van der Waals surface area contributed by atoms with E-state index >= 15 is 0 Å². The topological polar surface area (TPSA) is 86.8 Å². The van der Waals surface area contributed by atoms with E-state index in [1.807, 2.05) is 6.92 Å². The molecular weight excluding hydrogens is 362 g/mol. The molecule has 0 spiro atoms. The molecule has 0 saturated carbocycles. The molecule has 1 aliphatic heterocycles. The van der Waals surface area contributed by atoms with E-state index in [1.165, 1.54) is 8.61 Å². The van der Waals surface area contributed by atoms with Crippen LogP contribution >= 0.6 is 0 Å². The van der Waals surface area contributed by atoms with E-state index in [-0.39, 0.29) is 17.2 Å². The van der Waals surface area contributed by atoms with Gasteiger partial charge < -0.3 is 5.32 Å². The van der Waals surface area contributed by atoms with Gasteiger partial charge in [-0.05, 0) is 18.6 Å². The lowest BCUT2D eigenvalue weighted by Gasteiger charge is -2.28. The van der Waals surface area contributed by atoms with E-state index in [0.29, 0.717) is 39.1 Å². The van der Waals surface area contributed by atoms with Crippen molar-refractivity contribution in [3.05, 3.63) is 30.3 Å². The number of sulfonamides is 2. The first-order chi connectivity index (χ1) is 11.9. The van der Waals surface area contributed by atoms with Crippen LogP contribution in [0.1, 0.15) is 19.8 Å². The summed E-state index contributed by atoms with van der Waals surface area (Å²) in [6.45, 7) is 4.40. The van der Waals surface area contributed by atoms with Crippen molar-refractivity contribution < 1.29 is 16.8 Å². The van der Waals surface area contributed by atoms with Crippen LogP contribution in [-0.4, -0.2) is 70.5 Å². The molecule has 0 aliphatic carbocycles. The second-order valence-corrected chi connectivity index (χ2v) is 10.1. The maximum Gasteiger partial charge on any atom is 0.243 e. The van der Waals surface area contributed by atoms with Crippen LogP contribution < -0.4 is 5.32 Å². The predicted molar refractivity (Wildman–Crippen MR) is 98.3 cm³/mol. The summed E-state index contributed by atoms with van der Waals surface area (Å²) in [6.07, 6.45) is 1.53. The minimum atomic E-state index is -3.69. The SMILES string of the molecule is CCCCN(CCS(=O)(=O)N1CCNCC1)S(=O)(=O)c1ccccc1. The van der Waals surface area contributed by atoms with E-state index in [1.54, 1.807) is 30.3 Å². The monoisotopic (exact) mass is 389 g/mol. The Balaban J connectivity index is 2.12. The summed E-state index contributed by atoms with van der Waals surface area (Å²) in [6, 6.07) is 8.17. The lowest BCUT2D eigenvalue weighted by molar-refractivity contribution is 0.355. The van der Waals surface area contributed by atoms with Crippen LogP contribution in [0.4, 0.5) is 0 Å². The normalized spacial score (nSPS) is 17.0. The molecule has 0 radical (unpaired) electrons. The maximum absolute atomic E-state index is 12.8. The van der Waals surface area contributed by atoms with Gasteiger partial charge in [0, 0.05) is 39.3 Å². The first-order valence-electron chi connectivity index (χ1n) is 8.61. The Morgan fingerprint density at radius 2 is 1.68 bits per heavy atom. The fourth-order valence-corrected chi connectivity index (χ4v) is 5.76. The van der Waals surface area contributed by atoms with E-state index in [0.717, 1.165) is 6.42 Å². The van der Waals surface area contributed by atoms with Gasteiger partial charge in [0.25, 0.3) is 0 Å². The van der Waals surface area contributed by atoms with Gasteiger partial charge in [0.2, 0.25) is 20.0 Å². The smallest absolute Gasteiger partial charge is 0.243 e. The zero-order valence-corrected chi connectivity index (χ0v) is 16.2. The van der Waals surface area contributed by atoms with E-state index in [2.05, 4.69) is 5.32 Å². The van der Waals surface area contributed by atoms with Crippen molar-refractivity contribution in [3.63, 3.8) is 0 Å². The van der Waals surface area contributed by atoms with Crippen LogP contribution in [-0.2, 0) is 20.0 Å². The van der Waals surface area contributed by atoms with Crippen molar-refractivity contribution in [2.75, 3.05) is 45.0 Å². The molecule has 0 aromatic heterocycles. The second kappa shape index (κ2) is 9.09. The molecule has 1 heterocycles. The molecule has 7 nitrogen and oxygen atoms in total. The molecule has 1 aromatic carbocycles. The number of benzene rings is 1. The van der Waals surface area contributed by atoms with Gasteiger partial charge in [-0.2, -0.15) is 8.61 Å². The van der Waals surface area contributed by atoms with Gasteiger partial charge >= 0.3 is 0 Å². The minimum absolute atomic E-state index is 0.0243. The van der Waals surface area contributed by atoms with Crippen LogP contribution in [0.2, 0.25) is 0 Å². The Morgan fingerprint density at radius 3 is 2.28 bits per heavy atom. The molecule has 9 heteroatoms. The number of nitrogens with one attached hydrogen (secondary N) is 1. The molecule has 0 unspecified atom stereocenters. The highest BCUT2D eigenvalue weighted by atomic mass is 32.2. The highest BCUT2D eigenvalue weighted by Crippen LogP contribution is 2.16. The van der Waals surface area contributed by atoms with Gasteiger partial charge in [-0.3, -0.25) is 0 Å². The van der Waals surface area contributed by atoms with Crippen molar-refractivity contribution in [2.45, 2.75) is 24.7 Å². The lowest BCUT2D eigenvalue weighted by Crippen LogP contribution is -2.48. The second-order valence-electron chi connectivity index (χ2n) is 6.04. The van der Waals surface area contributed by atoms with Gasteiger partial charge in [0.05, 0.1) is 10.6 Å². The number of hydrogen-bond acceptors (Lipinski definition) is 5. The zero-order valence-electron chi connectivity index (χ0n) is 14.6. The Morgan fingerprint density at radius 1 is 1.04 bits per heavy atom. The average Bonchev–Trinajstić information content (AvgIpc) is 2.63. The Labute approximate surface area is 151 Å². The summed E-state index contributed by atoms with van der Waals surface area (Å²) in [4.78, 5) is 0.200. The number of piperazine rings is 1. The molecule has 0 amide bonds. The average molecular weight is 390 g/mol. The summed E-state index contributed by atoms with van der Waals surface area (Å²) < 4.78 is 53.4. The zero-order chi connectivity index (χ0) is 18.3. The fourth-order valence-electron chi connectivity index (χ4n) is 2.70. The molecule has 1 saturated heterocycles. The molecule has 142 valence electrons.